The Bertz CT molecular complexity index is 655. The zero-order valence-corrected chi connectivity index (χ0v) is 14.9. The molecule has 3 amide bonds. The van der Waals surface area contributed by atoms with Crippen LogP contribution >= 0.6 is 0 Å². The van der Waals surface area contributed by atoms with Crippen LogP contribution in [-0.4, -0.2) is 30.0 Å². The Balaban J connectivity index is 2.63. The summed E-state index contributed by atoms with van der Waals surface area (Å²) < 4.78 is 5.11. The van der Waals surface area contributed by atoms with E-state index in [2.05, 4.69) is 10.6 Å². The van der Waals surface area contributed by atoms with E-state index in [1.807, 2.05) is 36.4 Å². The molecular formula is C18H24N4O4. The number of nitrogens with two attached hydrogens (primary N) is 1. The first kappa shape index (κ1) is 21.0. The maximum Gasteiger partial charge on any atom is 0.408 e. The van der Waals surface area contributed by atoms with Gasteiger partial charge in [0.25, 0.3) is 0 Å². The lowest BCUT2D eigenvalue weighted by Gasteiger charge is -2.23. The molecule has 0 spiro atoms. The highest BCUT2D eigenvalue weighted by Crippen LogP contribution is 2.06. The van der Waals surface area contributed by atoms with Crippen LogP contribution in [0.4, 0.5) is 4.79 Å². The fourth-order valence-corrected chi connectivity index (χ4v) is 2.18. The van der Waals surface area contributed by atoms with E-state index in [9.17, 15) is 14.4 Å². The maximum absolute atomic E-state index is 12.4. The Morgan fingerprint density at radius 1 is 1.19 bits per heavy atom. The highest BCUT2D eigenvalue weighted by atomic mass is 16.5. The predicted octanol–water partition coefficient (Wildman–Crippen LogP) is 1.21. The third-order valence-electron chi connectivity index (χ3n) is 3.64. The summed E-state index contributed by atoms with van der Waals surface area (Å²) in [4.78, 5) is 35.8. The molecule has 1 rings (SSSR count). The molecule has 8 heteroatoms. The summed E-state index contributed by atoms with van der Waals surface area (Å²) in [5, 5.41) is 13.6. The number of hydrogen-bond donors (Lipinski definition) is 3. The van der Waals surface area contributed by atoms with E-state index in [0.717, 1.165) is 5.56 Å². The van der Waals surface area contributed by atoms with Crippen molar-refractivity contribution in [2.45, 2.75) is 45.4 Å². The fourth-order valence-electron chi connectivity index (χ4n) is 2.18. The molecule has 0 aromatic heterocycles. The molecule has 0 radical (unpaired) electrons. The van der Waals surface area contributed by atoms with Crippen molar-refractivity contribution in [3.8, 4) is 6.07 Å². The minimum atomic E-state index is -0.967. The topological polar surface area (TPSA) is 134 Å². The van der Waals surface area contributed by atoms with Crippen LogP contribution in [0.25, 0.3) is 0 Å². The molecule has 0 bridgehead atoms. The Labute approximate surface area is 152 Å². The van der Waals surface area contributed by atoms with Crippen molar-refractivity contribution in [1.29, 1.82) is 5.26 Å². The molecule has 0 fully saturated rings. The molecule has 1 aromatic rings. The molecule has 0 heterocycles. The first-order valence-electron chi connectivity index (χ1n) is 8.29. The van der Waals surface area contributed by atoms with Crippen LogP contribution in [0.15, 0.2) is 30.3 Å². The third kappa shape index (κ3) is 7.21. The van der Waals surface area contributed by atoms with Gasteiger partial charge in [-0.05, 0) is 17.9 Å². The molecule has 0 saturated carbocycles. The summed E-state index contributed by atoms with van der Waals surface area (Å²) in [5.74, 6) is -1.54. The molecule has 2 atom stereocenters. The van der Waals surface area contributed by atoms with Crippen LogP contribution in [0.2, 0.25) is 0 Å². The van der Waals surface area contributed by atoms with Crippen molar-refractivity contribution in [3.05, 3.63) is 35.9 Å². The van der Waals surface area contributed by atoms with Crippen LogP contribution in [0.1, 0.15) is 32.3 Å². The summed E-state index contributed by atoms with van der Waals surface area (Å²) >= 11 is 0. The molecule has 4 N–H and O–H groups in total. The zero-order chi connectivity index (χ0) is 19.5. The van der Waals surface area contributed by atoms with Crippen molar-refractivity contribution in [3.63, 3.8) is 0 Å². The Morgan fingerprint density at radius 3 is 2.38 bits per heavy atom. The second-order valence-electron chi connectivity index (χ2n) is 6.09. The van der Waals surface area contributed by atoms with Crippen LogP contribution in [-0.2, 0) is 20.9 Å². The number of nitriles is 1. The number of benzene rings is 1. The van der Waals surface area contributed by atoms with Gasteiger partial charge in [0.1, 0.15) is 18.7 Å². The van der Waals surface area contributed by atoms with Gasteiger partial charge in [-0.15, -0.1) is 0 Å². The Hall–Kier alpha value is -3.08. The number of amides is 3. The van der Waals surface area contributed by atoms with Crippen LogP contribution in [0, 0.1) is 17.2 Å². The fraction of sp³-hybridized carbons (Fsp3) is 0.444. The van der Waals surface area contributed by atoms with Crippen molar-refractivity contribution < 1.29 is 19.1 Å². The number of ether oxygens (including phenoxy) is 1. The number of primary amides is 1. The molecule has 1 aromatic carbocycles. The van der Waals surface area contributed by atoms with Gasteiger partial charge in [0, 0.05) is 6.42 Å². The van der Waals surface area contributed by atoms with Crippen molar-refractivity contribution in [2.75, 3.05) is 0 Å². The summed E-state index contributed by atoms with van der Waals surface area (Å²) in [6, 6.07) is 9.15. The maximum atomic E-state index is 12.4. The van der Waals surface area contributed by atoms with Crippen LogP contribution in [0.5, 0.6) is 0 Å². The van der Waals surface area contributed by atoms with Gasteiger partial charge in [-0.1, -0.05) is 44.2 Å². The number of nitrogens with zero attached hydrogens (tertiary/aromatic N) is 1. The monoisotopic (exact) mass is 360 g/mol. The number of alkyl carbamates (subject to hydrolysis) is 1. The second-order valence-corrected chi connectivity index (χ2v) is 6.09. The van der Waals surface area contributed by atoms with E-state index in [0.29, 0.717) is 0 Å². The first-order valence-corrected chi connectivity index (χ1v) is 8.29. The number of nitrogens with one attached hydrogen (secondary N) is 2. The van der Waals surface area contributed by atoms with Crippen LogP contribution in [0.3, 0.4) is 0 Å². The highest BCUT2D eigenvalue weighted by Gasteiger charge is 2.28. The lowest BCUT2D eigenvalue weighted by Crippen LogP contribution is -2.54. The zero-order valence-electron chi connectivity index (χ0n) is 14.9. The van der Waals surface area contributed by atoms with E-state index in [-0.39, 0.29) is 25.4 Å². The highest BCUT2D eigenvalue weighted by molar-refractivity contribution is 5.90. The summed E-state index contributed by atoms with van der Waals surface area (Å²) in [6.07, 6.45) is -0.552. The van der Waals surface area contributed by atoms with Gasteiger partial charge in [0.05, 0.1) is 6.07 Å². The quantitative estimate of drug-likeness (QED) is 0.608. The molecule has 0 unspecified atom stereocenters. The Morgan fingerprint density at radius 2 is 1.85 bits per heavy atom. The molecular weight excluding hydrogens is 336 g/mol. The van der Waals surface area contributed by atoms with E-state index in [1.54, 1.807) is 13.8 Å². The minimum Gasteiger partial charge on any atom is -0.445 e. The smallest absolute Gasteiger partial charge is 0.408 e. The predicted molar refractivity (Wildman–Crippen MR) is 94.4 cm³/mol. The van der Waals surface area contributed by atoms with Crippen LogP contribution < -0.4 is 16.4 Å². The molecule has 140 valence electrons. The molecule has 0 saturated heterocycles. The average molecular weight is 360 g/mol. The van der Waals surface area contributed by atoms with Crippen molar-refractivity contribution >= 4 is 17.9 Å². The first-order chi connectivity index (χ1) is 12.3. The standard InChI is InChI=1S/C18H24N4O4/c1-12(2)15(17(24)21-14(16(20)23)9-6-10-19)22-18(25)26-11-13-7-4-3-5-8-13/h3-5,7-8,12,14-15H,6,9,11H2,1-2H3,(H2,20,23)(H,21,24)(H,22,25)/t14-,15+/m1/s1. The van der Waals surface area contributed by atoms with Gasteiger partial charge in [-0.3, -0.25) is 9.59 Å². The SMILES string of the molecule is CC(C)[C@H](NC(=O)OCc1ccccc1)C(=O)N[C@H](CCC#N)C(N)=O. The minimum absolute atomic E-state index is 0.0746. The lowest BCUT2D eigenvalue weighted by atomic mass is 10.0. The van der Waals surface area contributed by atoms with Gasteiger partial charge in [-0.25, -0.2) is 4.79 Å². The van der Waals surface area contributed by atoms with E-state index in [4.69, 9.17) is 15.7 Å². The second kappa shape index (κ2) is 10.7. The summed E-state index contributed by atoms with van der Waals surface area (Å²) in [7, 11) is 0. The normalized spacial score (nSPS) is 12.5. The van der Waals surface area contributed by atoms with Crippen molar-refractivity contribution in [1.82, 2.24) is 10.6 Å². The number of carbonyl (C=O) groups is 3. The Kier molecular flexibility index (Phi) is 8.64. The van der Waals surface area contributed by atoms with Crippen molar-refractivity contribution in [2.24, 2.45) is 11.7 Å². The number of hydrogen-bond acceptors (Lipinski definition) is 5. The lowest BCUT2D eigenvalue weighted by molar-refractivity contribution is -0.129. The van der Waals surface area contributed by atoms with Gasteiger partial charge >= 0.3 is 6.09 Å². The van der Waals surface area contributed by atoms with Gasteiger partial charge < -0.3 is 21.1 Å². The third-order valence-corrected chi connectivity index (χ3v) is 3.64. The molecule has 0 aliphatic heterocycles. The summed E-state index contributed by atoms with van der Waals surface area (Å²) in [5.41, 5.74) is 6.06. The largest absolute Gasteiger partial charge is 0.445 e. The van der Waals surface area contributed by atoms with E-state index < -0.39 is 30.0 Å². The van der Waals surface area contributed by atoms with E-state index >= 15 is 0 Å². The number of rotatable bonds is 9. The van der Waals surface area contributed by atoms with E-state index in [1.165, 1.54) is 0 Å². The van der Waals surface area contributed by atoms with Gasteiger partial charge in [0.15, 0.2) is 0 Å². The van der Waals surface area contributed by atoms with Gasteiger partial charge in [0.2, 0.25) is 11.8 Å². The summed E-state index contributed by atoms with van der Waals surface area (Å²) in [6.45, 7) is 3.57. The average Bonchev–Trinajstić information content (AvgIpc) is 2.61. The molecule has 8 nitrogen and oxygen atoms in total. The molecule has 26 heavy (non-hydrogen) atoms. The number of carbonyl (C=O) groups excluding carboxylic acids is 3. The molecule has 0 aliphatic rings. The van der Waals surface area contributed by atoms with Gasteiger partial charge in [-0.2, -0.15) is 5.26 Å². The molecule has 0 aliphatic carbocycles.